The Bertz CT molecular complexity index is 416. The van der Waals surface area contributed by atoms with Gasteiger partial charge in [-0.3, -0.25) is 0 Å². The second-order valence-corrected chi connectivity index (χ2v) is 2.96. The van der Waals surface area contributed by atoms with Crippen molar-refractivity contribution in [3.8, 4) is 0 Å². The lowest BCUT2D eigenvalue weighted by Gasteiger charge is -2.01. The van der Waals surface area contributed by atoms with Gasteiger partial charge in [0.2, 0.25) is 5.16 Å². The lowest BCUT2D eigenvalue weighted by molar-refractivity contribution is -0.129. The lowest BCUT2D eigenvalue weighted by Crippen LogP contribution is -2.21. The van der Waals surface area contributed by atoms with Gasteiger partial charge in [0.1, 0.15) is 6.61 Å². The summed E-state index contributed by atoms with van der Waals surface area (Å²) in [7, 11) is 0. The van der Waals surface area contributed by atoms with Crippen LogP contribution in [0.4, 0.5) is 0 Å². The average molecular weight is 243 g/mol. The first-order valence-electron chi connectivity index (χ1n) is 4.13. The molecule has 0 bridgehead atoms. The van der Waals surface area contributed by atoms with E-state index in [0.717, 1.165) is 0 Å². The van der Waals surface area contributed by atoms with Gasteiger partial charge in [-0.1, -0.05) is 17.8 Å². The summed E-state index contributed by atoms with van der Waals surface area (Å²) in [5.41, 5.74) is -0.232. The van der Waals surface area contributed by atoms with Crippen molar-refractivity contribution in [1.29, 1.82) is 0 Å². The maximum absolute atomic E-state index is 10.8. The highest BCUT2D eigenvalue weighted by molar-refractivity contribution is 7.80. The van der Waals surface area contributed by atoms with Gasteiger partial charge in [-0.05, 0) is 10.4 Å². The zero-order chi connectivity index (χ0) is 12.0. The van der Waals surface area contributed by atoms with Crippen LogP contribution in [0.1, 0.15) is 0 Å². The summed E-state index contributed by atoms with van der Waals surface area (Å²) in [6, 6.07) is 0. The Morgan fingerprint density at radius 1 is 1.75 bits per heavy atom. The molecule has 8 nitrogen and oxygen atoms in total. The molecule has 0 atom stereocenters. The summed E-state index contributed by atoms with van der Waals surface area (Å²) in [4.78, 5) is 15.5. The van der Waals surface area contributed by atoms with E-state index in [4.69, 9.17) is 5.11 Å². The van der Waals surface area contributed by atoms with Crippen LogP contribution in [0, 0.1) is 0 Å². The molecule has 1 rings (SSSR count). The molecule has 0 saturated carbocycles. The second-order valence-electron chi connectivity index (χ2n) is 2.56. The number of carboxylic acid groups (broad SMARTS) is 1. The topological polar surface area (TPSA) is 102 Å². The standard InChI is InChI=1S/C7H9N5O3S/c1-2-3-15-9-5(6(13)14)4-12-7(16)8-10-11-12/h2H,1,3-4H2,(H,13,14)(H,8,11,16)/b9-5-. The van der Waals surface area contributed by atoms with Crippen LogP contribution in [-0.2, 0) is 16.2 Å². The molecule has 0 aliphatic rings. The molecular weight excluding hydrogens is 234 g/mol. The maximum Gasteiger partial charge on any atom is 0.355 e. The van der Waals surface area contributed by atoms with Crippen molar-refractivity contribution in [3.63, 3.8) is 0 Å². The van der Waals surface area contributed by atoms with Gasteiger partial charge in [-0.25, -0.2) is 9.48 Å². The number of aliphatic carboxylic acids is 1. The van der Waals surface area contributed by atoms with Crippen LogP contribution in [0.15, 0.2) is 23.0 Å². The molecule has 0 saturated heterocycles. The van der Waals surface area contributed by atoms with E-state index < -0.39 is 5.97 Å². The molecule has 1 N–H and O–H groups in total. The first kappa shape index (κ1) is 12.2. The third-order valence-electron chi connectivity index (χ3n) is 1.43. The summed E-state index contributed by atoms with van der Waals surface area (Å²) < 4.78 is 1.17. The zero-order valence-electron chi connectivity index (χ0n) is 8.15. The normalized spacial score (nSPS) is 11.2. The van der Waals surface area contributed by atoms with Crippen molar-refractivity contribution in [2.75, 3.05) is 6.61 Å². The predicted molar refractivity (Wildman–Crippen MR) is 56.3 cm³/mol. The van der Waals surface area contributed by atoms with Gasteiger partial charge in [0, 0.05) is 0 Å². The monoisotopic (exact) mass is 243 g/mol. The van der Waals surface area contributed by atoms with E-state index in [9.17, 15) is 4.79 Å². The van der Waals surface area contributed by atoms with Crippen molar-refractivity contribution in [2.45, 2.75) is 11.7 Å². The average Bonchev–Trinajstić information content (AvgIpc) is 2.63. The van der Waals surface area contributed by atoms with E-state index in [0.29, 0.717) is 0 Å². The van der Waals surface area contributed by atoms with E-state index in [1.807, 2.05) is 0 Å². The Morgan fingerprint density at radius 2 is 2.50 bits per heavy atom. The van der Waals surface area contributed by atoms with Crippen molar-refractivity contribution in [3.05, 3.63) is 12.7 Å². The van der Waals surface area contributed by atoms with Gasteiger partial charge in [0.05, 0.1) is 6.54 Å². The van der Waals surface area contributed by atoms with Crippen LogP contribution in [0.25, 0.3) is 0 Å². The van der Waals surface area contributed by atoms with Crippen molar-refractivity contribution < 1.29 is 14.7 Å². The van der Waals surface area contributed by atoms with Gasteiger partial charge < -0.3 is 9.94 Å². The van der Waals surface area contributed by atoms with Crippen LogP contribution >= 0.6 is 12.6 Å². The molecule has 0 unspecified atom stereocenters. The summed E-state index contributed by atoms with van der Waals surface area (Å²) in [5, 5.41) is 22.8. The first-order valence-corrected chi connectivity index (χ1v) is 4.58. The molecule has 9 heteroatoms. The molecule has 0 spiro atoms. The minimum absolute atomic E-state index is 0.125. The molecular formula is C7H9N5O3S. The molecule has 0 amide bonds. The highest BCUT2D eigenvalue weighted by Gasteiger charge is 2.14. The Hall–Kier alpha value is -1.90. The third kappa shape index (κ3) is 3.35. The minimum Gasteiger partial charge on any atom is -0.477 e. The highest BCUT2D eigenvalue weighted by Crippen LogP contribution is 1.98. The Kier molecular flexibility index (Phi) is 4.45. The van der Waals surface area contributed by atoms with Crippen LogP contribution in [0.3, 0.4) is 0 Å². The number of oxime groups is 1. The fraction of sp³-hybridized carbons (Fsp3) is 0.286. The van der Waals surface area contributed by atoms with E-state index in [1.165, 1.54) is 10.8 Å². The van der Waals surface area contributed by atoms with Gasteiger partial charge in [0.15, 0.2) is 5.71 Å². The van der Waals surface area contributed by atoms with Crippen LogP contribution < -0.4 is 0 Å². The van der Waals surface area contributed by atoms with Crippen molar-refractivity contribution in [2.24, 2.45) is 5.16 Å². The SMILES string of the molecule is C=CCO/N=C(/Cn1nnnc1S)C(=O)O. The molecule has 86 valence electrons. The third-order valence-corrected chi connectivity index (χ3v) is 1.75. The quantitative estimate of drug-likeness (QED) is 0.232. The lowest BCUT2D eigenvalue weighted by atomic mass is 10.4. The molecule has 0 radical (unpaired) electrons. The molecule has 1 heterocycles. The molecule has 0 aliphatic carbocycles. The molecule has 16 heavy (non-hydrogen) atoms. The van der Waals surface area contributed by atoms with Gasteiger partial charge in [0.25, 0.3) is 0 Å². The van der Waals surface area contributed by atoms with Crippen LogP contribution in [-0.4, -0.2) is 43.6 Å². The maximum atomic E-state index is 10.8. The largest absolute Gasteiger partial charge is 0.477 e. The minimum atomic E-state index is -1.22. The summed E-state index contributed by atoms with van der Waals surface area (Å²) in [6.07, 6.45) is 1.45. The van der Waals surface area contributed by atoms with Gasteiger partial charge in [-0.15, -0.1) is 17.7 Å². The summed E-state index contributed by atoms with van der Waals surface area (Å²) in [6.45, 7) is 3.40. The number of thiol groups is 1. The Labute approximate surface area is 96.0 Å². The number of rotatable bonds is 6. The Morgan fingerprint density at radius 3 is 3.00 bits per heavy atom. The smallest absolute Gasteiger partial charge is 0.355 e. The number of carboxylic acids is 1. The second kappa shape index (κ2) is 5.85. The predicted octanol–water partition coefficient (Wildman–Crippen LogP) is -0.395. The molecule has 1 aromatic heterocycles. The summed E-state index contributed by atoms with van der Waals surface area (Å²) in [5.74, 6) is -1.22. The highest BCUT2D eigenvalue weighted by atomic mass is 32.1. The molecule has 0 fully saturated rings. The van der Waals surface area contributed by atoms with Crippen molar-refractivity contribution >= 4 is 24.3 Å². The number of tetrazole rings is 1. The molecule has 1 aromatic rings. The fourth-order valence-corrected chi connectivity index (χ4v) is 0.898. The fourth-order valence-electron chi connectivity index (χ4n) is 0.748. The number of hydrogen-bond acceptors (Lipinski definition) is 7. The van der Waals surface area contributed by atoms with Gasteiger partial charge >= 0.3 is 5.97 Å². The number of nitrogens with zero attached hydrogens (tertiary/aromatic N) is 5. The van der Waals surface area contributed by atoms with E-state index in [1.54, 1.807) is 0 Å². The zero-order valence-corrected chi connectivity index (χ0v) is 9.04. The van der Waals surface area contributed by atoms with E-state index in [2.05, 4.69) is 44.7 Å². The number of carbonyl (C=O) groups is 1. The molecule has 0 aliphatic heterocycles. The first-order chi connectivity index (χ1) is 7.65. The van der Waals surface area contributed by atoms with Crippen LogP contribution in [0.5, 0.6) is 0 Å². The van der Waals surface area contributed by atoms with E-state index in [-0.39, 0.29) is 24.0 Å². The summed E-state index contributed by atoms with van der Waals surface area (Å²) >= 11 is 3.92. The van der Waals surface area contributed by atoms with Gasteiger partial charge in [-0.2, -0.15) is 0 Å². The number of aromatic nitrogens is 4. The van der Waals surface area contributed by atoms with E-state index >= 15 is 0 Å². The van der Waals surface area contributed by atoms with Crippen LogP contribution in [0.2, 0.25) is 0 Å². The molecule has 0 aromatic carbocycles. The number of hydrogen-bond donors (Lipinski definition) is 2. The Balaban J connectivity index is 2.72. The van der Waals surface area contributed by atoms with Crippen molar-refractivity contribution in [1.82, 2.24) is 20.2 Å².